The predicted octanol–water partition coefficient (Wildman–Crippen LogP) is 5.68. The van der Waals surface area contributed by atoms with Crippen molar-refractivity contribution in [1.29, 1.82) is 0 Å². The van der Waals surface area contributed by atoms with E-state index < -0.39 is 17.7 Å². The smallest absolute Gasteiger partial charge is 0.295 e. The van der Waals surface area contributed by atoms with Crippen molar-refractivity contribution in [3.8, 4) is 5.75 Å². The number of carbonyl (C=O) groups is 2. The van der Waals surface area contributed by atoms with E-state index in [9.17, 15) is 14.7 Å². The van der Waals surface area contributed by atoms with Gasteiger partial charge in [-0.2, -0.15) is 0 Å². The number of fused-ring (bicyclic) bond motifs is 2. The molecule has 1 saturated heterocycles. The fraction of sp³-hybridized carbons (Fsp3) is 0.226. The molecule has 3 aromatic carbocycles. The highest BCUT2D eigenvalue weighted by molar-refractivity contribution is 6.46. The molecule has 1 aliphatic heterocycles. The third kappa shape index (κ3) is 3.99. The molecule has 1 fully saturated rings. The first kappa shape index (κ1) is 23.1. The van der Waals surface area contributed by atoms with Gasteiger partial charge in [0, 0.05) is 34.8 Å². The summed E-state index contributed by atoms with van der Waals surface area (Å²) in [6, 6.07) is 20.4. The monoisotopic (exact) mass is 492 g/mol. The Bertz CT molecular complexity index is 1550. The van der Waals surface area contributed by atoms with Crippen LogP contribution in [0.1, 0.15) is 46.7 Å². The fourth-order valence-electron chi connectivity index (χ4n) is 5.65. The quantitative estimate of drug-likeness (QED) is 0.213. The summed E-state index contributed by atoms with van der Waals surface area (Å²) in [5, 5.41) is 12.5. The van der Waals surface area contributed by atoms with Gasteiger partial charge in [0.25, 0.3) is 11.7 Å². The highest BCUT2D eigenvalue weighted by atomic mass is 16.5. The lowest BCUT2D eigenvalue weighted by molar-refractivity contribution is -0.140. The summed E-state index contributed by atoms with van der Waals surface area (Å²) < 4.78 is 5.26. The van der Waals surface area contributed by atoms with E-state index in [0.717, 1.165) is 47.7 Å². The van der Waals surface area contributed by atoms with Gasteiger partial charge in [-0.05, 0) is 66.6 Å². The zero-order valence-corrected chi connectivity index (χ0v) is 20.7. The summed E-state index contributed by atoms with van der Waals surface area (Å²) in [7, 11) is 1.60. The topological polar surface area (TPSA) is 82.6 Å². The van der Waals surface area contributed by atoms with Gasteiger partial charge in [0.2, 0.25) is 0 Å². The number of aromatic nitrogens is 1. The zero-order chi connectivity index (χ0) is 25.5. The third-order valence-electron chi connectivity index (χ3n) is 7.59. The van der Waals surface area contributed by atoms with Crippen LogP contribution in [0.15, 0.2) is 78.5 Å². The number of H-pyrrole nitrogens is 1. The number of amides is 1. The van der Waals surface area contributed by atoms with E-state index in [0.29, 0.717) is 11.3 Å². The molecule has 0 radical (unpaired) electrons. The molecule has 2 N–H and O–H groups in total. The summed E-state index contributed by atoms with van der Waals surface area (Å²) in [5.74, 6) is -0.699. The number of carbonyl (C=O) groups excluding carboxylic acids is 2. The Kier molecular flexibility index (Phi) is 5.80. The number of aliphatic hydroxyl groups excluding tert-OH is 1. The van der Waals surface area contributed by atoms with Crippen molar-refractivity contribution in [3.05, 3.63) is 106 Å². The summed E-state index contributed by atoms with van der Waals surface area (Å²) in [5.41, 5.74) is 5.74. The molecule has 1 unspecified atom stereocenters. The minimum Gasteiger partial charge on any atom is -0.507 e. The van der Waals surface area contributed by atoms with E-state index in [1.807, 2.05) is 72.9 Å². The van der Waals surface area contributed by atoms with Gasteiger partial charge in [-0.3, -0.25) is 9.59 Å². The molecule has 1 aromatic heterocycles. The van der Waals surface area contributed by atoms with Crippen molar-refractivity contribution in [1.82, 2.24) is 9.88 Å². The standard InChI is InChI=1S/C31H28N2O4/c1-37-23-14-10-19(11-15-23)18-33-28(25-17-32-26-9-5-4-8-24(25)26)27(30(35)31(33)36)29(34)22-13-12-20-6-2-3-7-21(20)16-22/h4-5,8-17,28,32,34H,2-3,6-7,18H2,1H3/b29-27+. The molecule has 2 aliphatic rings. The molecule has 6 heteroatoms. The Balaban J connectivity index is 1.49. The SMILES string of the molecule is COc1ccc(CN2C(=O)C(=O)/C(=C(/O)c3ccc4c(c3)CCCC4)C2c2c[nH]c3ccccc23)cc1. The normalized spacial score (nSPS) is 18.8. The molecule has 4 aromatic rings. The van der Waals surface area contributed by atoms with E-state index in [4.69, 9.17) is 4.74 Å². The fourth-order valence-corrected chi connectivity index (χ4v) is 5.65. The molecule has 186 valence electrons. The molecule has 6 nitrogen and oxygen atoms in total. The van der Waals surface area contributed by atoms with Crippen LogP contribution in [-0.4, -0.2) is 33.8 Å². The first-order valence-electron chi connectivity index (χ1n) is 12.6. The first-order valence-corrected chi connectivity index (χ1v) is 12.6. The molecular formula is C31H28N2O4. The lowest BCUT2D eigenvalue weighted by Crippen LogP contribution is -2.29. The maximum Gasteiger partial charge on any atom is 0.295 e. The second kappa shape index (κ2) is 9.28. The number of aryl methyl sites for hydroxylation is 2. The number of ether oxygens (including phenoxy) is 1. The van der Waals surface area contributed by atoms with Crippen LogP contribution in [0.3, 0.4) is 0 Å². The number of aromatic amines is 1. The van der Waals surface area contributed by atoms with Crippen molar-refractivity contribution < 1.29 is 19.4 Å². The molecule has 0 saturated carbocycles. The predicted molar refractivity (Wildman–Crippen MR) is 142 cm³/mol. The molecule has 2 heterocycles. The van der Waals surface area contributed by atoms with Gasteiger partial charge < -0.3 is 19.7 Å². The van der Waals surface area contributed by atoms with Gasteiger partial charge in [0.1, 0.15) is 11.5 Å². The zero-order valence-electron chi connectivity index (χ0n) is 20.7. The highest BCUT2D eigenvalue weighted by Crippen LogP contribution is 2.43. The molecule has 6 rings (SSSR count). The van der Waals surface area contributed by atoms with Gasteiger partial charge in [0.15, 0.2) is 0 Å². The van der Waals surface area contributed by atoms with E-state index >= 15 is 0 Å². The number of hydrogen-bond acceptors (Lipinski definition) is 4. The van der Waals surface area contributed by atoms with Crippen LogP contribution >= 0.6 is 0 Å². The molecule has 1 atom stereocenters. The average Bonchev–Trinajstić information content (AvgIpc) is 3.47. The van der Waals surface area contributed by atoms with Gasteiger partial charge in [0.05, 0.1) is 18.7 Å². The number of benzene rings is 3. The van der Waals surface area contributed by atoms with Crippen molar-refractivity contribution in [2.24, 2.45) is 0 Å². The number of likely N-dealkylation sites (tertiary alicyclic amines) is 1. The number of hydrogen-bond donors (Lipinski definition) is 2. The van der Waals surface area contributed by atoms with Crippen LogP contribution in [0.5, 0.6) is 5.75 Å². The minimum atomic E-state index is -0.728. The van der Waals surface area contributed by atoms with Gasteiger partial charge in [-0.15, -0.1) is 0 Å². The number of nitrogens with one attached hydrogen (secondary N) is 1. The number of ketones is 1. The molecule has 1 amide bonds. The maximum absolute atomic E-state index is 13.5. The molecular weight excluding hydrogens is 464 g/mol. The largest absolute Gasteiger partial charge is 0.507 e. The van der Waals surface area contributed by atoms with Crippen LogP contribution in [-0.2, 0) is 29.0 Å². The summed E-state index contributed by atoms with van der Waals surface area (Å²) >= 11 is 0. The van der Waals surface area contributed by atoms with Crippen molar-refractivity contribution >= 4 is 28.4 Å². The second-order valence-corrected chi connectivity index (χ2v) is 9.76. The van der Waals surface area contributed by atoms with E-state index in [2.05, 4.69) is 4.98 Å². The Labute approximate surface area is 215 Å². The molecule has 1 aliphatic carbocycles. The van der Waals surface area contributed by atoms with Gasteiger partial charge >= 0.3 is 0 Å². The molecule has 0 bridgehead atoms. The highest BCUT2D eigenvalue weighted by Gasteiger charge is 2.46. The van der Waals surface area contributed by atoms with Crippen molar-refractivity contribution in [2.45, 2.75) is 38.3 Å². The lowest BCUT2D eigenvalue weighted by Gasteiger charge is -2.25. The summed E-state index contributed by atoms with van der Waals surface area (Å²) in [6.45, 7) is 0.222. The number of rotatable bonds is 5. The number of methoxy groups -OCH3 is 1. The van der Waals surface area contributed by atoms with Crippen molar-refractivity contribution in [3.63, 3.8) is 0 Å². The van der Waals surface area contributed by atoms with Crippen LogP contribution in [0.2, 0.25) is 0 Å². The van der Waals surface area contributed by atoms with Crippen molar-refractivity contribution in [2.75, 3.05) is 7.11 Å². The second-order valence-electron chi connectivity index (χ2n) is 9.76. The number of aliphatic hydroxyl groups is 1. The summed E-state index contributed by atoms with van der Waals surface area (Å²) in [6.07, 6.45) is 6.09. The Morgan fingerprint density at radius 1 is 1.00 bits per heavy atom. The summed E-state index contributed by atoms with van der Waals surface area (Å²) in [4.78, 5) is 31.8. The molecule has 0 spiro atoms. The van der Waals surface area contributed by atoms with Crippen LogP contribution in [0.4, 0.5) is 0 Å². The van der Waals surface area contributed by atoms with Gasteiger partial charge in [-0.25, -0.2) is 0 Å². The van der Waals surface area contributed by atoms with Crippen LogP contribution < -0.4 is 4.74 Å². The van der Waals surface area contributed by atoms with E-state index in [1.54, 1.807) is 12.0 Å². The lowest BCUT2D eigenvalue weighted by atomic mass is 9.88. The van der Waals surface area contributed by atoms with Crippen LogP contribution in [0, 0.1) is 0 Å². The van der Waals surface area contributed by atoms with Gasteiger partial charge in [-0.1, -0.05) is 42.5 Å². The number of Topliss-reactive ketones (excluding diaryl/α,β-unsaturated/α-hetero) is 1. The van der Waals surface area contributed by atoms with E-state index in [-0.39, 0.29) is 17.9 Å². The minimum absolute atomic E-state index is 0.124. The molecule has 37 heavy (non-hydrogen) atoms. The Hall–Kier alpha value is -4.32. The first-order chi connectivity index (χ1) is 18.0. The Morgan fingerprint density at radius 2 is 1.76 bits per heavy atom. The Morgan fingerprint density at radius 3 is 2.54 bits per heavy atom. The van der Waals surface area contributed by atoms with E-state index in [1.165, 1.54) is 11.1 Å². The average molecular weight is 493 g/mol. The maximum atomic E-state index is 13.5. The number of para-hydroxylation sites is 1. The third-order valence-corrected chi connectivity index (χ3v) is 7.59. The number of nitrogens with zero attached hydrogens (tertiary/aromatic N) is 1. The van der Waals surface area contributed by atoms with Crippen LogP contribution in [0.25, 0.3) is 16.7 Å².